The van der Waals surface area contributed by atoms with Crippen molar-refractivity contribution in [3.8, 4) is 6.01 Å². The topological polar surface area (TPSA) is 83.9 Å². The van der Waals surface area contributed by atoms with Gasteiger partial charge in [-0.05, 0) is 23.8 Å². The molecule has 0 atom stereocenters. The summed E-state index contributed by atoms with van der Waals surface area (Å²) in [5, 5.41) is 0.755. The quantitative estimate of drug-likeness (QED) is 0.471. The van der Waals surface area contributed by atoms with Crippen molar-refractivity contribution in [1.29, 1.82) is 0 Å². The van der Waals surface area contributed by atoms with Crippen molar-refractivity contribution < 1.29 is 4.74 Å². The van der Waals surface area contributed by atoms with Crippen LogP contribution in [0.2, 0.25) is 10.0 Å². The normalized spacial score (nSPS) is 11.2. The highest BCUT2D eigenvalue weighted by Gasteiger charge is 2.19. The molecule has 0 saturated heterocycles. The SMILES string of the molecule is Cn1c(OCc2cccnc2)nc2c1c(=O)n(Cc1ccc(Cl)c(Cl)c1)c(=O)n2C. The molecule has 0 N–H and O–H groups in total. The number of nitrogens with zero attached hydrogens (tertiary/aromatic N) is 5. The van der Waals surface area contributed by atoms with Crippen molar-refractivity contribution in [1.82, 2.24) is 23.7 Å². The highest BCUT2D eigenvalue weighted by Crippen LogP contribution is 2.23. The second kappa shape index (κ2) is 7.97. The lowest BCUT2D eigenvalue weighted by Crippen LogP contribution is -2.39. The van der Waals surface area contributed by atoms with Crippen LogP contribution in [0.15, 0.2) is 52.3 Å². The van der Waals surface area contributed by atoms with Crippen molar-refractivity contribution in [3.05, 3.63) is 84.7 Å². The van der Waals surface area contributed by atoms with E-state index in [0.717, 1.165) is 10.1 Å². The summed E-state index contributed by atoms with van der Waals surface area (Å²) in [6.07, 6.45) is 3.35. The van der Waals surface area contributed by atoms with Gasteiger partial charge < -0.3 is 4.74 Å². The first-order valence-corrected chi connectivity index (χ1v) is 9.74. The van der Waals surface area contributed by atoms with Gasteiger partial charge in [0.1, 0.15) is 6.61 Å². The Balaban J connectivity index is 1.76. The second-order valence-corrected chi connectivity index (χ2v) is 7.57. The Morgan fingerprint density at radius 3 is 2.53 bits per heavy atom. The maximum Gasteiger partial charge on any atom is 0.332 e. The molecule has 4 aromatic rings. The van der Waals surface area contributed by atoms with Gasteiger partial charge in [-0.15, -0.1) is 0 Å². The fourth-order valence-corrected chi connectivity index (χ4v) is 3.46. The van der Waals surface area contributed by atoms with E-state index < -0.39 is 11.2 Å². The van der Waals surface area contributed by atoms with Gasteiger partial charge in [-0.2, -0.15) is 4.98 Å². The number of fused-ring (bicyclic) bond motifs is 1. The average Bonchev–Trinajstić information content (AvgIpc) is 3.08. The molecule has 0 aliphatic rings. The molecule has 0 saturated carbocycles. The van der Waals surface area contributed by atoms with Crippen molar-refractivity contribution in [2.45, 2.75) is 13.2 Å². The number of aromatic nitrogens is 5. The Labute approximate surface area is 180 Å². The van der Waals surface area contributed by atoms with Crippen LogP contribution in [0.3, 0.4) is 0 Å². The molecular weight excluding hydrogens is 429 g/mol. The summed E-state index contributed by atoms with van der Waals surface area (Å²) in [7, 11) is 3.23. The Morgan fingerprint density at radius 1 is 1.03 bits per heavy atom. The van der Waals surface area contributed by atoms with Gasteiger partial charge in [0, 0.05) is 32.1 Å². The lowest BCUT2D eigenvalue weighted by molar-refractivity contribution is 0.272. The molecule has 0 amide bonds. The van der Waals surface area contributed by atoms with Gasteiger partial charge in [-0.3, -0.25) is 23.5 Å². The van der Waals surface area contributed by atoms with E-state index in [1.165, 1.54) is 4.57 Å². The maximum atomic E-state index is 13.1. The van der Waals surface area contributed by atoms with Crippen LogP contribution in [-0.4, -0.2) is 23.7 Å². The lowest BCUT2D eigenvalue weighted by Gasteiger charge is -2.09. The number of hydrogen-bond acceptors (Lipinski definition) is 5. The molecule has 0 bridgehead atoms. The van der Waals surface area contributed by atoms with Gasteiger partial charge in [-0.1, -0.05) is 35.3 Å². The second-order valence-electron chi connectivity index (χ2n) is 6.76. The minimum atomic E-state index is -0.490. The Morgan fingerprint density at radius 2 is 1.83 bits per heavy atom. The van der Waals surface area contributed by atoms with Gasteiger partial charge in [0.2, 0.25) is 0 Å². The molecule has 0 unspecified atom stereocenters. The zero-order valence-corrected chi connectivity index (χ0v) is 17.7. The highest BCUT2D eigenvalue weighted by molar-refractivity contribution is 6.42. The minimum Gasteiger partial charge on any atom is -0.460 e. The number of benzene rings is 1. The van der Waals surface area contributed by atoms with Crippen molar-refractivity contribution in [2.75, 3.05) is 0 Å². The van der Waals surface area contributed by atoms with Crippen LogP contribution in [0.5, 0.6) is 6.01 Å². The number of aryl methyl sites for hydroxylation is 2. The smallest absolute Gasteiger partial charge is 0.332 e. The monoisotopic (exact) mass is 445 g/mol. The fourth-order valence-electron chi connectivity index (χ4n) is 3.14. The van der Waals surface area contributed by atoms with Gasteiger partial charge in [-0.25, -0.2) is 4.79 Å². The van der Waals surface area contributed by atoms with Crippen LogP contribution >= 0.6 is 23.2 Å². The van der Waals surface area contributed by atoms with E-state index >= 15 is 0 Å². The van der Waals surface area contributed by atoms with E-state index in [1.807, 2.05) is 6.07 Å². The van der Waals surface area contributed by atoms with Crippen LogP contribution in [0.1, 0.15) is 11.1 Å². The number of pyridine rings is 1. The highest BCUT2D eigenvalue weighted by atomic mass is 35.5. The molecule has 10 heteroatoms. The molecular formula is C20H17Cl2N5O3. The summed E-state index contributed by atoms with van der Waals surface area (Å²) in [5.41, 5.74) is 1.09. The maximum absolute atomic E-state index is 13.1. The third-order valence-corrected chi connectivity index (χ3v) is 5.47. The van der Waals surface area contributed by atoms with Gasteiger partial charge in [0.15, 0.2) is 11.2 Å². The first kappa shape index (κ1) is 20.2. The fraction of sp³-hybridized carbons (Fsp3) is 0.200. The standard InChI is InChI=1S/C20H17Cl2N5O3/c1-25-16-17(24-19(25)30-11-13-4-3-7-23-9-13)26(2)20(29)27(18(16)28)10-12-5-6-14(21)15(22)8-12/h3-9H,10-11H2,1-2H3. The van der Waals surface area contributed by atoms with Crippen LogP contribution in [0.4, 0.5) is 0 Å². The van der Waals surface area contributed by atoms with E-state index in [0.29, 0.717) is 15.6 Å². The van der Waals surface area contributed by atoms with E-state index in [2.05, 4.69) is 9.97 Å². The Hall–Kier alpha value is -3.10. The lowest BCUT2D eigenvalue weighted by atomic mass is 10.2. The van der Waals surface area contributed by atoms with E-state index in [4.69, 9.17) is 27.9 Å². The van der Waals surface area contributed by atoms with Crippen molar-refractivity contribution >= 4 is 34.4 Å². The number of rotatable bonds is 5. The summed E-state index contributed by atoms with van der Waals surface area (Å²) in [5.74, 6) is 0. The Bertz CT molecular complexity index is 1360. The number of hydrogen-bond donors (Lipinski definition) is 0. The van der Waals surface area contributed by atoms with Gasteiger partial charge in [0.25, 0.3) is 11.6 Å². The number of halogens is 2. The summed E-state index contributed by atoms with van der Waals surface area (Å²) in [6, 6.07) is 8.88. The molecule has 30 heavy (non-hydrogen) atoms. The molecule has 0 spiro atoms. The molecule has 154 valence electrons. The molecule has 0 aliphatic heterocycles. The largest absolute Gasteiger partial charge is 0.460 e. The van der Waals surface area contributed by atoms with Crippen molar-refractivity contribution in [3.63, 3.8) is 0 Å². The summed E-state index contributed by atoms with van der Waals surface area (Å²) >= 11 is 12.0. The Kier molecular flexibility index (Phi) is 5.36. The molecule has 0 radical (unpaired) electrons. The van der Waals surface area contributed by atoms with E-state index in [-0.39, 0.29) is 30.3 Å². The predicted molar refractivity (Wildman–Crippen MR) is 114 cm³/mol. The van der Waals surface area contributed by atoms with E-state index in [9.17, 15) is 9.59 Å². The zero-order chi connectivity index (χ0) is 21.4. The van der Waals surface area contributed by atoms with Gasteiger partial charge >= 0.3 is 5.69 Å². The summed E-state index contributed by atoms with van der Waals surface area (Å²) in [4.78, 5) is 34.4. The number of imidazole rings is 1. The first-order chi connectivity index (χ1) is 14.4. The predicted octanol–water partition coefficient (Wildman–Crippen LogP) is 2.76. The molecule has 8 nitrogen and oxygen atoms in total. The van der Waals surface area contributed by atoms with Crippen LogP contribution in [0.25, 0.3) is 11.2 Å². The molecule has 3 heterocycles. The molecule has 4 rings (SSSR count). The minimum absolute atomic E-state index is 0.0510. The van der Waals surface area contributed by atoms with Crippen LogP contribution in [-0.2, 0) is 27.2 Å². The van der Waals surface area contributed by atoms with Crippen LogP contribution in [0, 0.1) is 0 Å². The van der Waals surface area contributed by atoms with Crippen LogP contribution < -0.4 is 16.0 Å². The molecule has 3 aromatic heterocycles. The average molecular weight is 446 g/mol. The summed E-state index contributed by atoms with van der Waals surface area (Å²) in [6.45, 7) is 0.284. The van der Waals surface area contributed by atoms with Gasteiger partial charge in [0.05, 0.1) is 16.6 Å². The molecule has 0 fully saturated rings. The first-order valence-electron chi connectivity index (χ1n) is 8.98. The third-order valence-electron chi connectivity index (χ3n) is 4.73. The molecule has 1 aromatic carbocycles. The summed E-state index contributed by atoms with van der Waals surface area (Å²) < 4.78 is 9.76. The molecule has 0 aliphatic carbocycles. The van der Waals surface area contributed by atoms with E-state index in [1.54, 1.807) is 55.3 Å². The third kappa shape index (κ3) is 3.59. The number of ether oxygens (including phenoxy) is 1. The zero-order valence-electron chi connectivity index (χ0n) is 16.2. The van der Waals surface area contributed by atoms with Crippen molar-refractivity contribution in [2.24, 2.45) is 14.1 Å².